The smallest absolute Gasteiger partial charge is 0.0623 e. The Kier molecular flexibility index (Phi) is 7.82. The fourth-order valence-corrected chi connectivity index (χ4v) is 10.5. The van der Waals surface area contributed by atoms with Crippen LogP contribution in [0, 0.1) is 23.7 Å². The average molecular weight is 677 g/mol. The predicted octanol–water partition coefficient (Wildman–Crippen LogP) is 12.6. The van der Waals surface area contributed by atoms with Crippen molar-refractivity contribution < 1.29 is 0 Å². The zero-order valence-corrected chi connectivity index (χ0v) is 30.5. The molecule has 7 aliphatic rings. The van der Waals surface area contributed by atoms with E-state index in [2.05, 4.69) is 163 Å². The van der Waals surface area contributed by atoms with Gasteiger partial charge in [0.25, 0.3) is 0 Å². The van der Waals surface area contributed by atoms with Crippen LogP contribution in [0.4, 0.5) is 5.69 Å². The number of anilines is 1. The SMILES string of the molecule is CC1=CC(C)CC(N2C3=C(C=C(C4CC=C5C(C4)C4=C(C=CCC4)N5c4cc(-c5ccccc5)cc(-c5ccccc5)c4)CC3)C3C=CC=CC32)=C1. The van der Waals surface area contributed by atoms with Gasteiger partial charge >= 0.3 is 0 Å². The predicted molar refractivity (Wildman–Crippen MR) is 217 cm³/mol. The van der Waals surface area contributed by atoms with Crippen molar-refractivity contribution in [3.8, 4) is 22.3 Å². The van der Waals surface area contributed by atoms with Crippen LogP contribution >= 0.6 is 0 Å². The van der Waals surface area contributed by atoms with Gasteiger partial charge in [-0.2, -0.15) is 0 Å². The molecule has 0 spiro atoms. The Bertz CT molecular complexity index is 2160. The second-order valence-corrected chi connectivity index (χ2v) is 16.0. The first-order valence-corrected chi connectivity index (χ1v) is 19.7. The number of hydrogen-bond acceptors (Lipinski definition) is 2. The van der Waals surface area contributed by atoms with Crippen molar-refractivity contribution in [2.24, 2.45) is 23.7 Å². The molecule has 5 unspecified atom stereocenters. The summed E-state index contributed by atoms with van der Waals surface area (Å²) in [4.78, 5) is 5.38. The van der Waals surface area contributed by atoms with E-state index >= 15 is 0 Å². The van der Waals surface area contributed by atoms with Crippen LogP contribution in [0.15, 0.2) is 185 Å². The summed E-state index contributed by atoms with van der Waals surface area (Å²) in [6, 6.07) is 29.4. The zero-order valence-electron chi connectivity index (χ0n) is 30.5. The Balaban J connectivity index is 1.01. The molecule has 0 saturated carbocycles. The average Bonchev–Trinajstić information content (AvgIpc) is 3.70. The van der Waals surface area contributed by atoms with Crippen LogP contribution in [0.1, 0.15) is 58.8 Å². The Morgan fingerprint density at radius 2 is 1.52 bits per heavy atom. The maximum absolute atomic E-state index is 2.74. The van der Waals surface area contributed by atoms with E-state index in [4.69, 9.17) is 0 Å². The van der Waals surface area contributed by atoms with Gasteiger partial charge in [0.05, 0.1) is 6.04 Å². The van der Waals surface area contributed by atoms with E-state index in [0.29, 0.717) is 29.7 Å². The molecule has 258 valence electrons. The van der Waals surface area contributed by atoms with Crippen molar-refractivity contribution in [2.75, 3.05) is 4.90 Å². The summed E-state index contributed by atoms with van der Waals surface area (Å²) >= 11 is 0. The second kappa shape index (κ2) is 12.8. The van der Waals surface area contributed by atoms with Gasteiger partial charge in [-0.15, -0.1) is 0 Å². The Labute approximate surface area is 309 Å². The fourth-order valence-electron chi connectivity index (χ4n) is 10.5. The van der Waals surface area contributed by atoms with Crippen LogP contribution in [-0.2, 0) is 0 Å². The number of benzene rings is 3. The highest BCUT2D eigenvalue weighted by Crippen LogP contribution is 2.54. The monoisotopic (exact) mass is 676 g/mol. The Morgan fingerprint density at radius 3 is 2.27 bits per heavy atom. The minimum absolute atomic E-state index is 0.408. The van der Waals surface area contributed by atoms with Crippen LogP contribution in [0.25, 0.3) is 22.3 Å². The maximum Gasteiger partial charge on any atom is 0.0623 e. The van der Waals surface area contributed by atoms with Gasteiger partial charge in [0, 0.05) is 40.3 Å². The molecule has 0 aromatic heterocycles. The molecule has 0 saturated heterocycles. The summed E-state index contributed by atoms with van der Waals surface area (Å²) in [6.07, 6.45) is 32.6. The molecule has 2 heteroatoms. The van der Waals surface area contributed by atoms with Crippen LogP contribution in [-0.4, -0.2) is 10.9 Å². The van der Waals surface area contributed by atoms with Gasteiger partial charge in [-0.1, -0.05) is 127 Å². The first-order valence-electron chi connectivity index (χ1n) is 19.7. The van der Waals surface area contributed by atoms with Crippen LogP contribution in [0.2, 0.25) is 0 Å². The third kappa shape index (κ3) is 5.38. The molecule has 0 bridgehead atoms. The first kappa shape index (κ1) is 31.6. The number of rotatable bonds is 5. The highest BCUT2D eigenvalue weighted by Gasteiger charge is 2.44. The fraction of sp³-hybridized carbons (Fsp3) is 0.280. The van der Waals surface area contributed by atoms with Crippen LogP contribution in [0.3, 0.4) is 0 Å². The minimum atomic E-state index is 0.408. The van der Waals surface area contributed by atoms with E-state index in [9.17, 15) is 0 Å². The summed E-state index contributed by atoms with van der Waals surface area (Å²) in [5.41, 5.74) is 18.7. The molecule has 0 N–H and O–H groups in total. The first-order chi connectivity index (χ1) is 25.6. The number of nitrogens with zero attached hydrogens (tertiary/aromatic N) is 2. The molecule has 3 aromatic rings. The largest absolute Gasteiger partial charge is 0.341 e. The molecule has 2 aliphatic heterocycles. The van der Waals surface area contributed by atoms with E-state index in [1.165, 1.54) is 63.4 Å². The lowest BCUT2D eigenvalue weighted by atomic mass is 9.74. The van der Waals surface area contributed by atoms with E-state index in [-0.39, 0.29) is 0 Å². The van der Waals surface area contributed by atoms with Crippen molar-refractivity contribution in [3.05, 3.63) is 185 Å². The topological polar surface area (TPSA) is 6.48 Å². The molecule has 3 aromatic carbocycles. The molecule has 0 radical (unpaired) electrons. The molecule has 10 rings (SSSR count). The van der Waals surface area contributed by atoms with Crippen LogP contribution < -0.4 is 4.90 Å². The standard InChI is InChI=1S/C50H48N2/c1-33-25-34(2)27-41(26-33)51-47-19-11-9-17-43(47)45-31-37(21-23-49(45)51)38-22-24-50-46(32-38)44-18-10-12-20-48(44)52(50)42-29-39(35-13-5-3-6-14-35)28-40(30-42)36-15-7-4-8-16-36/h3-9,11-17,19-20,24-26,28-31,34,38,43,46-47H,10,18,21-23,27,32H2,1-2H3. The summed E-state index contributed by atoms with van der Waals surface area (Å²) in [5.74, 6) is 2.11. The molecular weight excluding hydrogens is 629 g/mol. The molecule has 5 atom stereocenters. The summed E-state index contributed by atoms with van der Waals surface area (Å²) in [7, 11) is 0. The van der Waals surface area contributed by atoms with Gasteiger partial charge in [0.15, 0.2) is 0 Å². The van der Waals surface area contributed by atoms with Gasteiger partial charge < -0.3 is 9.80 Å². The van der Waals surface area contributed by atoms with Gasteiger partial charge in [-0.25, -0.2) is 0 Å². The van der Waals surface area contributed by atoms with Gasteiger partial charge in [0.2, 0.25) is 0 Å². The lowest BCUT2D eigenvalue weighted by molar-refractivity contribution is 0.332. The van der Waals surface area contributed by atoms with Crippen LogP contribution in [0.5, 0.6) is 0 Å². The van der Waals surface area contributed by atoms with E-state index < -0.39 is 0 Å². The second-order valence-electron chi connectivity index (χ2n) is 16.0. The van der Waals surface area contributed by atoms with Crippen molar-refractivity contribution >= 4 is 5.69 Å². The highest BCUT2D eigenvalue weighted by molar-refractivity contribution is 5.81. The van der Waals surface area contributed by atoms with Crippen molar-refractivity contribution in [1.82, 2.24) is 4.90 Å². The molecule has 5 aliphatic carbocycles. The quantitative estimate of drug-likeness (QED) is 0.265. The number of fused-ring (bicyclic) bond motifs is 4. The number of allylic oxidation sites excluding steroid dienone is 13. The summed E-state index contributed by atoms with van der Waals surface area (Å²) in [5, 5.41) is 0. The maximum atomic E-state index is 2.74. The number of hydrogen-bond donors (Lipinski definition) is 0. The molecule has 0 amide bonds. The zero-order chi connectivity index (χ0) is 34.8. The lowest BCUT2D eigenvalue weighted by Gasteiger charge is -2.36. The normalized spacial score (nSPS) is 27.5. The van der Waals surface area contributed by atoms with Gasteiger partial charge in [-0.3, -0.25) is 0 Å². The molecular formula is C50H48N2. The van der Waals surface area contributed by atoms with E-state index in [1.807, 2.05) is 0 Å². The third-order valence-electron chi connectivity index (χ3n) is 12.7. The van der Waals surface area contributed by atoms with Gasteiger partial charge in [-0.05, 0) is 127 Å². The molecule has 2 heterocycles. The van der Waals surface area contributed by atoms with Crippen molar-refractivity contribution in [3.63, 3.8) is 0 Å². The molecule has 2 nitrogen and oxygen atoms in total. The summed E-state index contributed by atoms with van der Waals surface area (Å²) in [6.45, 7) is 4.64. The highest BCUT2D eigenvalue weighted by atomic mass is 15.2. The minimum Gasteiger partial charge on any atom is -0.341 e. The molecule has 52 heavy (non-hydrogen) atoms. The van der Waals surface area contributed by atoms with E-state index in [1.54, 1.807) is 22.4 Å². The Hall–Kier alpha value is -5.08. The Morgan fingerprint density at radius 1 is 0.769 bits per heavy atom. The lowest BCUT2D eigenvalue weighted by Crippen LogP contribution is -2.33. The van der Waals surface area contributed by atoms with E-state index in [0.717, 1.165) is 32.1 Å². The van der Waals surface area contributed by atoms with Crippen molar-refractivity contribution in [2.45, 2.75) is 64.8 Å². The molecule has 0 fully saturated rings. The van der Waals surface area contributed by atoms with Crippen molar-refractivity contribution in [1.29, 1.82) is 0 Å². The third-order valence-corrected chi connectivity index (χ3v) is 12.7. The van der Waals surface area contributed by atoms with Gasteiger partial charge in [0.1, 0.15) is 0 Å². The summed E-state index contributed by atoms with van der Waals surface area (Å²) < 4.78 is 0.